The van der Waals surface area contributed by atoms with Gasteiger partial charge in [0.2, 0.25) is 0 Å². The topological polar surface area (TPSA) is 66.1 Å². The number of para-hydroxylation sites is 1. The summed E-state index contributed by atoms with van der Waals surface area (Å²) in [4.78, 5) is 31.1. The number of benzene rings is 2. The van der Waals surface area contributed by atoms with Crippen LogP contribution in [-0.2, 0) is 11.3 Å². The Balaban J connectivity index is 1.65. The first-order valence-electron chi connectivity index (χ1n) is 11.0. The molecule has 0 aliphatic carbocycles. The van der Waals surface area contributed by atoms with Crippen molar-refractivity contribution in [3.8, 4) is 5.69 Å². The van der Waals surface area contributed by atoms with Crippen molar-refractivity contribution >= 4 is 28.4 Å². The van der Waals surface area contributed by atoms with Crippen molar-refractivity contribution in [3.05, 3.63) is 87.7 Å². The summed E-state index contributed by atoms with van der Waals surface area (Å²) in [6, 6.07) is 14.7. The van der Waals surface area contributed by atoms with E-state index in [1.54, 1.807) is 25.3 Å². The van der Waals surface area contributed by atoms with Gasteiger partial charge in [-0.15, -0.1) is 0 Å². The lowest BCUT2D eigenvalue weighted by molar-refractivity contribution is 0.102. The summed E-state index contributed by atoms with van der Waals surface area (Å²) in [7, 11) is 1.67. The van der Waals surface area contributed by atoms with Crippen LogP contribution in [0.2, 0.25) is 0 Å². The minimum absolute atomic E-state index is 0.0378. The fraction of sp³-hybridized carbons (Fsp3) is 0.269. The summed E-state index contributed by atoms with van der Waals surface area (Å²) >= 11 is 1.20. The molecule has 4 aromatic rings. The van der Waals surface area contributed by atoms with E-state index in [0.29, 0.717) is 33.9 Å². The van der Waals surface area contributed by atoms with Gasteiger partial charge in [0.05, 0.1) is 22.3 Å². The van der Waals surface area contributed by atoms with E-state index in [1.807, 2.05) is 26.0 Å². The van der Waals surface area contributed by atoms with Gasteiger partial charge < -0.3 is 9.30 Å². The van der Waals surface area contributed by atoms with Crippen LogP contribution in [0.15, 0.2) is 64.5 Å². The molecule has 0 atom stereocenters. The molecule has 2 heterocycles. The zero-order chi connectivity index (χ0) is 24.2. The quantitative estimate of drug-likeness (QED) is 0.147. The number of Topliss-reactive ketones (excluding diaryl/α,β-unsaturated/α-hetero) is 1. The lowest BCUT2D eigenvalue weighted by atomic mass is 10.2. The lowest BCUT2D eigenvalue weighted by Crippen LogP contribution is -2.22. The first-order chi connectivity index (χ1) is 16.4. The Labute approximate surface area is 201 Å². The first kappa shape index (κ1) is 23.9. The SMILES string of the molecule is COCCCn1c(C)cc(C(=O)CSc2nc3ccccc3c(=O)n2-c2ccc(F)cc2)c1C. The summed E-state index contributed by atoms with van der Waals surface area (Å²) < 4.78 is 22.2. The average Bonchev–Trinajstić information content (AvgIpc) is 3.12. The lowest BCUT2D eigenvalue weighted by Gasteiger charge is -2.13. The molecular weight excluding hydrogens is 453 g/mol. The van der Waals surface area contributed by atoms with E-state index < -0.39 is 5.82 Å². The van der Waals surface area contributed by atoms with Gasteiger partial charge in [-0.3, -0.25) is 14.2 Å². The van der Waals surface area contributed by atoms with Crippen molar-refractivity contribution in [1.29, 1.82) is 0 Å². The van der Waals surface area contributed by atoms with Crippen LogP contribution in [0.25, 0.3) is 16.6 Å². The maximum absolute atomic E-state index is 13.5. The van der Waals surface area contributed by atoms with Crippen molar-refractivity contribution < 1.29 is 13.9 Å². The second-order valence-electron chi connectivity index (χ2n) is 8.02. The molecule has 176 valence electrons. The molecule has 34 heavy (non-hydrogen) atoms. The standard InChI is InChI=1S/C26H26FN3O3S/c1-17-15-22(18(2)29(17)13-6-14-33-3)24(31)16-34-26-28-23-8-5-4-7-21(23)25(32)30(26)20-11-9-19(27)10-12-20/h4-5,7-12,15H,6,13-14,16H2,1-3H3. The molecular formula is C26H26FN3O3S. The highest BCUT2D eigenvalue weighted by molar-refractivity contribution is 7.99. The summed E-state index contributed by atoms with van der Waals surface area (Å²) in [5, 5.41) is 0.847. The number of aromatic nitrogens is 3. The zero-order valence-corrected chi connectivity index (χ0v) is 20.2. The van der Waals surface area contributed by atoms with E-state index in [2.05, 4.69) is 9.55 Å². The van der Waals surface area contributed by atoms with E-state index >= 15 is 0 Å². The van der Waals surface area contributed by atoms with Crippen molar-refractivity contribution in [2.24, 2.45) is 0 Å². The smallest absolute Gasteiger partial charge is 0.266 e. The Kier molecular flexibility index (Phi) is 7.29. The number of halogens is 1. The molecule has 0 spiro atoms. The molecule has 2 aromatic carbocycles. The Bertz CT molecular complexity index is 1390. The highest BCUT2D eigenvalue weighted by atomic mass is 32.2. The van der Waals surface area contributed by atoms with Gasteiger partial charge in [0.25, 0.3) is 5.56 Å². The normalized spacial score (nSPS) is 11.3. The number of aryl methyl sites for hydroxylation is 1. The second-order valence-corrected chi connectivity index (χ2v) is 8.97. The number of hydrogen-bond acceptors (Lipinski definition) is 5. The van der Waals surface area contributed by atoms with E-state index in [0.717, 1.165) is 24.4 Å². The molecule has 2 aromatic heterocycles. The third-order valence-corrected chi connectivity index (χ3v) is 6.70. The molecule has 0 aliphatic heterocycles. The average molecular weight is 480 g/mol. The van der Waals surface area contributed by atoms with E-state index in [4.69, 9.17) is 4.74 Å². The summed E-state index contributed by atoms with van der Waals surface area (Å²) in [6.45, 7) is 5.37. The summed E-state index contributed by atoms with van der Waals surface area (Å²) in [6.07, 6.45) is 0.861. The Morgan fingerprint density at radius 3 is 2.59 bits per heavy atom. The van der Waals surface area contributed by atoms with Gasteiger partial charge in [0.15, 0.2) is 10.9 Å². The molecule has 0 N–H and O–H groups in total. The molecule has 0 radical (unpaired) electrons. The number of methoxy groups -OCH3 is 1. The van der Waals surface area contributed by atoms with E-state index in [9.17, 15) is 14.0 Å². The van der Waals surface area contributed by atoms with Gasteiger partial charge in [-0.2, -0.15) is 0 Å². The van der Waals surface area contributed by atoms with Crippen LogP contribution in [-0.4, -0.2) is 39.4 Å². The molecule has 0 bridgehead atoms. The number of carbonyl (C=O) groups is 1. The maximum Gasteiger partial charge on any atom is 0.266 e. The molecule has 8 heteroatoms. The third kappa shape index (κ3) is 4.83. The van der Waals surface area contributed by atoms with E-state index in [-0.39, 0.29) is 17.1 Å². The van der Waals surface area contributed by atoms with Gasteiger partial charge >= 0.3 is 0 Å². The predicted molar refractivity (Wildman–Crippen MR) is 133 cm³/mol. The Morgan fingerprint density at radius 1 is 1.12 bits per heavy atom. The molecule has 0 saturated heterocycles. The molecule has 0 amide bonds. The third-order valence-electron chi connectivity index (χ3n) is 5.77. The van der Waals surface area contributed by atoms with Crippen molar-refractivity contribution in [1.82, 2.24) is 14.1 Å². The summed E-state index contributed by atoms with van der Waals surface area (Å²) in [5.41, 5.74) is 3.39. The number of ether oxygens (including phenoxy) is 1. The van der Waals surface area contributed by atoms with Crippen LogP contribution in [0.3, 0.4) is 0 Å². The van der Waals surface area contributed by atoms with Gasteiger partial charge in [-0.1, -0.05) is 23.9 Å². The number of ketones is 1. The fourth-order valence-electron chi connectivity index (χ4n) is 4.03. The van der Waals surface area contributed by atoms with Crippen LogP contribution in [0.4, 0.5) is 4.39 Å². The van der Waals surface area contributed by atoms with Crippen LogP contribution in [0, 0.1) is 19.7 Å². The highest BCUT2D eigenvalue weighted by Gasteiger charge is 2.19. The van der Waals surface area contributed by atoms with Crippen LogP contribution < -0.4 is 5.56 Å². The number of fused-ring (bicyclic) bond motifs is 1. The maximum atomic E-state index is 13.5. The molecule has 0 saturated carbocycles. The van der Waals surface area contributed by atoms with Crippen LogP contribution in [0.1, 0.15) is 28.2 Å². The van der Waals surface area contributed by atoms with Gasteiger partial charge in [-0.25, -0.2) is 9.37 Å². The minimum Gasteiger partial charge on any atom is -0.385 e. The van der Waals surface area contributed by atoms with Gasteiger partial charge in [0.1, 0.15) is 5.82 Å². The Hall–Kier alpha value is -3.23. The molecule has 6 nitrogen and oxygen atoms in total. The number of carbonyl (C=O) groups excluding carboxylic acids is 1. The molecule has 0 fully saturated rings. The second kappa shape index (κ2) is 10.4. The Morgan fingerprint density at radius 2 is 1.85 bits per heavy atom. The minimum atomic E-state index is -0.393. The summed E-state index contributed by atoms with van der Waals surface area (Å²) in [5.74, 6) is -0.311. The van der Waals surface area contributed by atoms with Crippen molar-refractivity contribution in [3.63, 3.8) is 0 Å². The van der Waals surface area contributed by atoms with Crippen LogP contribution >= 0.6 is 11.8 Å². The fourth-order valence-corrected chi connectivity index (χ4v) is 4.93. The van der Waals surface area contributed by atoms with Gasteiger partial charge in [0, 0.05) is 37.2 Å². The number of nitrogens with zero attached hydrogens (tertiary/aromatic N) is 3. The molecule has 0 unspecified atom stereocenters. The number of rotatable bonds is 9. The highest BCUT2D eigenvalue weighted by Crippen LogP contribution is 2.24. The number of hydrogen-bond donors (Lipinski definition) is 0. The van der Waals surface area contributed by atoms with Gasteiger partial charge in [-0.05, 0) is 62.7 Å². The number of thioether (sulfide) groups is 1. The largest absolute Gasteiger partial charge is 0.385 e. The van der Waals surface area contributed by atoms with Crippen molar-refractivity contribution in [2.75, 3.05) is 19.5 Å². The molecule has 0 aliphatic rings. The van der Waals surface area contributed by atoms with E-state index in [1.165, 1.54) is 40.6 Å². The monoisotopic (exact) mass is 479 g/mol. The first-order valence-corrected chi connectivity index (χ1v) is 12.0. The predicted octanol–water partition coefficient (Wildman–Crippen LogP) is 4.95. The van der Waals surface area contributed by atoms with Crippen LogP contribution in [0.5, 0.6) is 0 Å². The molecule has 4 rings (SSSR count). The zero-order valence-electron chi connectivity index (χ0n) is 19.4. The van der Waals surface area contributed by atoms with Crippen molar-refractivity contribution in [2.45, 2.75) is 32.0 Å².